The summed E-state index contributed by atoms with van der Waals surface area (Å²) in [5.74, 6) is 0.145. The van der Waals surface area contributed by atoms with Crippen LogP contribution in [0.5, 0.6) is 11.6 Å². The van der Waals surface area contributed by atoms with Gasteiger partial charge in [-0.3, -0.25) is 9.69 Å². The van der Waals surface area contributed by atoms with E-state index in [0.29, 0.717) is 22.8 Å². The molecule has 6 nitrogen and oxygen atoms in total. The Hall–Kier alpha value is -3.45. The van der Waals surface area contributed by atoms with Crippen molar-refractivity contribution in [3.63, 3.8) is 0 Å². The maximum absolute atomic E-state index is 15.1. The van der Waals surface area contributed by atoms with Gasteiger partial charge >= 0.3 is 5.97 Å². The number of likely N-dealkylation sites (tertiary alicyclic amines) is 1. The van der Waals surface area contributed by atoms with Crippen molar-refractivity contribution >= 4 is 5.97 Å². The van der Waals surface area contributed by atoms with E-state index in [4.69, 9.17) is 9.47 Å². The van der Waals surface area contributed by atoms with Crippen molar-refractivity contribution in [2.75, 3.05) is 20.2 Å². The molecule has 1 aromatic heterocycles. The van der Waals surface area contributed by atoms with Crippen LogP contribution in [0.3, 0.4) is 0 Å². The number of carbonyl (C=O) groups is 1. The Labute approximate surface area is 246 Å². The van der Waals surface area contributed by atoms with E-state index in [1.54, 1.807) is 13.2 Å². The van der Waals surface area contributed by atoms with Gasteiger partial charge in [-0.25, -0.2) is 9.37 Å². The molecule has 2 aromatic carbocycles. The number of aromatic nitrogens is 1. The summed E-state index contributed by atoms with van der Waals surface area (Å²) in [5.41, 5.74) is 6.28. The molecule has 2 saturated carbocycles. The van der Waals surface area contributed by atoms with E-state index in [1.165, 1.54) is 31.0 Å². The summed E-state index contributed by atoms with van der Waals surface area (Å²) in [6, 6.07) is 14.3. The number of ether oxygens (including phenoxy) is 2. The lowest BCUT2D eigenvalue weighted by atomic mass is 9.82. The van der Waals surface area contributed by atoms with Gasteiger partial charge < -0.3 is 14.6 Å². The molecule has 42 heavy (non-hydrogen) atoms. The number of rotatable bonds is 9. The van der Waals surface area contributed by atoms with Crippen molar-refractivity contribution in [1.82, 2.24) is 9.88 Å². The number of aryl methyl sites for hydroxylation is 1. The second-order valence-corrected chi connectivity index (χ2v) is 13.1. The van der Waals surface area contributed by atoms with Crippen LogP contribution in [0.15, 0.2) is 48.7 Å². The third-order valence-electron chi connectivity index (χ3n) is 10.2. The van der Waals surface area contributed by atoms with Crippen LogP contribution in [0.25, 0.3) is 11.1 Å². The largest absolute Gasteiger partial charge is 0.485 e. The summed E-state index contributed by atoms with van der Waals surface area (Å²) in [7, 11) is 1.55. The third kappa shape index (κ3) is 5.28. The number of carboxylic acids is 1. The van der Waals surface area contributed by atoms with Crippen LogP contribution < -0.4 is 9.47 Å². The van der Waals surface area contributed by atoms with Gasteiger partial charge in [0.1, 0.15) is 17.7 Å². The molecule has 3 atom stereocenters. The first-order valence-corrected chi connectivity index (χ1v) is 15.4. The zero-order valence-corrected chi connectivity index (χ0v) is 24.4. The van der Waals surface area contributed by atoms with Crippen LogP contribution >= 0.6 is 0 Å². The molecule has 3 aromatic rings. The lowest BCUT2D eigenvalue weighted by molar-refractivity contribution is -0.142. The molecule has 2 aliphatic heterocycles. The van der Waals surface area contributed by atoms with E-state index < -0.39 is 11.9 Å². The van der Waals surface area contributed by atoms with E-state index >= 15 is 4.39 Å². The number of fused-ring (bicyclic) bond motifs is 1. The molecule has 1 unspecified atom stereocenters. The Morgan fingerprint density at radius 3 is 2.69 bits per heavy atom. The van der Waals surface area contributed by atoms with Crippen LogP contribution in [0.2, 0.25) is 0 Å². The normalized spacial score (nSPS) is 22.3. The Balaban J connectivity index is 1.20. The quantitative estimate of drug-likeness (QED) is 0.294. The van der Waals surface area contributed by atoms with Gasteiger partial charge in [0.05, 0.1) is 19.2 Å². The van der Waals surface area contributed by atoms with Gasteiger partial charge in [0.15, 0.2) is 0 Å². The summed E-state index contributed by atoms with van der Waals surface area (Å²) in [5, 5.41) is 9.76. The maximum atomic E-state index is 15.1. The molecule has 1 N–H and O–H groups in total. The van der Waals surface area contributed by atoms with E-state index in [9.17, 15) is 9.90 Å². The van der Waals surface area contributed by atoms with Gasteiger partial charge in [0.25, 0.3) is 0 Å². The highest BCUT2D eigenvalue weighted by Crippen LogP contribution is 2.53. The lowest BCUT2D eigenvalue weighted by Crippen LogP contribution is -2.22. The highest BCUT2D eigenvalue weighted by molar-refractivity contribution is 5.71. The number of aliphatic carboxylic acids is 1. The van der Waals surface area contributed by atoms with Gasteiger partial charge in [-0.2, -0.15) is 0 Å². The zero-order valence-electron chi connectivity index (χ0n) is 24.4. The Kier molecular flexibility index (Phi) is 6.96. The Morgan fingerprint density at radius 1 is 1.14 bits per heavy atom. The summed E-state index contributed by atoms with van der Waals surface area (Å²) in [4.78, 5) is 18.4. The number of methoxy groups -OCH3 is 1. The van der Waals surface area contributed by atoms with Crippen LogP contribution in [0.1, 0.15) is 79.7 Å². The number of pyridine rings is 1. The minimum absolute atomic E-state index is 0.00475. The maximum Gasteiger partial charge on any atom is 0.306 e. The molecule has 220 valence electrons. The van der Waals surface area contributed by atoms with E-state index in [1.807, 2.05) is 13.0 Å². The molecule has 4 aliphatic rings. The molecule has 0 radical (unpaired) electrons. The number of hydrogen-bond acceptors (Lipinski definition) is 5. The van der Waals surface area contributed by atoms with Crippen LogP contribution in [0, 0.1) is 23.1 Å². The lowest BCUT2D eigenvalue weighted by Gasteiger charge is -2.29. The fourth-order valence-electron chi connectivity index (χ4n) is 7.34. The predicted molar refractivity (Wildman–Crippen MR) is 158 cm³/mol. The molecule has 2 aliphatic carbocycles. The molecule has 0 bridgehead atoms. The van der Waals surface area contributed by atoms with Crippen LogP contribution in [0.4, 0.5) is 4.39 Å². The van der Waals surface area contributed by atoms with Crippen LogP contribution in [-0.4, -0.2) is 41.2 Å². The second-order valence-electron chi connectivity index (χ2n) is 13.1. The van der Waals surface area contributed by atoms with E-state index in [0.717, 1.165) is 73.3 Å². The van der Waals surface area contributed by atoms with Gasteiger partial charge in [-0.1, -0.05) is 37.3 Å². The minimum atomic E-state index is -0.745. The number of hydrogen-bond donors (Lipinski definition) is 1. The molecular weight excluding hydrogens is 531 g/mol. The Morgan fingerprint density at radius 2 is 1.98 bits per heavy atom. The number of halogens is 1. The highest BCUT2D eigenvalue weighted by Gasteiger charge is 2.47. The molecular formula is C35H39FN2O4. The number of benzene rings is 2. The first-order chi connectivity index (χ1) is 20.3. The molecule has 3 fully saturated rings. The number of nitrogens with zero attached hydrogens (tertiary/aromatic N) is 2. The average Bonchev–Trinajstić information content (AvgIpc) is 3.92. The monoisotopic (exact) mass is 570 g/mol. The standard InChI is InChI=1S/C35H39FN2O4/c1-21(34(39)40)33(23-4-5-23)25-6-3-22-8-10-30(42-31(22)16-25)24-7-9-27(28-17-32(41-2)37-18-29(28)36)26(15-24)19-38-14-13-35(20-38)11-12-35/h3,6-7,9,15-18,21,23,30,33H,4-5,8,10-14,19-20H2,1-2H3,(H,39,40)/t21-,30?,33-/m0/s1. The van der Waals surface area contributed by atoms with Crippen molar-refractivity contribution in [3.8, 4) is 22.8 Å². The molecule has 1 saturated heterocycles. The molecule has 7 heteroatoms. The van der Waals surface area contributed by atoms with Crippen molar-refractivity contribution in [3.05, 3.63) is 76.7 Å². The van der Waals surface area contributed by atoms with Crippen LogP contribution in [-0.2, 0) is 17.8 Å². The zero-order chi connectivity index (χ0) is 29.0. The molecule has 7 rings (SSSR count). The van der Waals surface area contributed by atoms with Crippen molar-refractivity contribution in [1.29, 1.82) is 0 Å². The van der Waals surface area contributed by atoms with Gasteiger partial charge in [-0.15, -0.1) is 0 Å². The van der Waals surface area contributed by atoms with E-state index in [2.05, 4.69) is 40.2 Å². The predicted octanol–water partition coefficient (Wildman–Crippen LogP) is 7.16. The fraction of sp³-hybridized carbons (Fsp3) is 0.486. The SMILES string of the molecule is COc1cc(-c2ccc(C3CCc4ccc([C@H](C5CC5)[C@H](C)C(=O)O)cc4O3)cc2CN2CCC3(CC3)C2)c(F)cn1. The van der Waals surface area contributed by atoms with Crippen molar-refractivity contribution < 1.29 is 23.8 Å². The molecule has 3 heterocycles. The topological polar surface area (TPSA) is 71.9 Å². The summed E-state index contributed by atoms with van der Waals surface area (Å²) in [6.07, 6.45) is 8.90. The smallest absolute Gasteiger partial charge is 0.306 e. The fourth-order valence-corrected chi connectivity index (χ4v) is 7.34. The van der Waals surface area contributed by atoms with E-state index in [-0.39, 0.29) is 17.8 Å². The van der Waals surface area contributed by atoms with Gasteiger partial charge in [0.2, 0.25) is 5.88 Å². The first kappa shape index (κ1) is 27.4. The average molecular weight is 571 g/mol. The van der Waals surface area contributed by atoms with Gasteiger partial charge in [0, 0.05) is 24.7 Å². The van der Waals surface area contributed by atoms with Crippen molar-refractivity contribution in [2.45, 2.75) is 70.4 Å². The first-order valence-electron chi connectivity index (χ1n) is 15.4. The molecule has 0 amide bonds. The molecule has 1 spiro atoms. The summed E-state index contributed by atoms with van der Waals surface area (Å²) in [6.45, 7) is 4.76. The Bertz CT molecular complexity index is 1510. The highest BCUT2D eigenvalue weighted by atomic mass is 19.1. The van der Waals surface area contributed by atoms with Gasteiger partial charge in [-0.05, 0) is 103 Å². The summed E-state index contributed by atoms with van der Waals surface area (Å²) >= 11 is 0. The minimum Gasteiger partial charge on any atom is -0.485 e. The third-order valence-corrected chi connectivity index (χ3v) is 10.2. The van der Waals surface area contributed by atoms with Crippen molar-refractivity contribution in [2.24, 2.45) is 17.3 Å². The second kappa shape index (κ2) is 10.7. The number of carboxylic acid groups (broad SMARTS) is 1. The summed E-state index contributed by atoms with van der Waals surface area (Å²) < 4.78 is 27.1.